The molecule has 4 nitrogen and oxygen atoms in total. The van der Waals surface area contributed by atoms with Crippen molar-refractivity contribution in [2.24, 2.45) is 11.8 Å². The molecule has 2 unspecified atom stereocenters. The Balaban J connectivity index is 2.09. The zero-order chi connectivity index (χ0) is 14.5. The van der Waals surface area contributed by atoms with Crippen molar-refractivity contribution in [3.8, 4) is 0 Å². The molecule has 1 aliphatic rings. The Hall–Kier alpha value is -1.42. The van der Waals surface area contributed by atoms with Crippen molar-refractivity contribution in [3.63, 3.8) is 0 Å². The van der Waals surface area contributed by atoms with E-state index in [0.717, 1.165) is 25.2 Å². The summed E-state index contributed by atoms with van der Waals surface area (Å²) in [4.78, 5) is 18.8. The van der Waals surface area contributed by atoms with Crippen molar-refractivity contribution in [2.45, 2.75) is 33.2 Å². The number of carbonyl (C=O) groups excluding carboxylic acids is 1. The molecule has 1 aliphatic heterocycles. The summed E-state index contributed by atoms with van der Waals surface area (Å²) in [7, 11) is 0. The lowest BCUT2D eigenvalue weighted by Crippen LogP contribution is -2.49. The van der Waals surface area contributed by atoms with E-state index in [1.165, 1.54) is 0 Å². The van der Waals surface area contributed by atoms with Crippen molar-refractivity contribution in [1.82, 2.24) is 15.2 Å². The molecular formula is C16H25N3O. The fraction of sp³-hybridized carbons (Fsp3) is 0.625. The highest BCUT2D eigenvalue weighted by Crippen LogP contribution is 2.24. The smallest absolute Gasteiger partial charge is 0.223 e. The minimum absolute atomic E-state index is 0.115. The number of amides is 1. The fourth-order valence-corrected chi connectivity index (χ4v) is 2.50. The lowest BCUT2D eigenvalue weighted by atomic mass is 9.93. The predicted molar refractivity (Wildman–Crippen MR) is 80.2 cm³/mol. The fourth-order valence-electron chi connectivity index (χ4n) is 2.50. The molecule has 1 saturated heterocycles. The molecule has 1 aromatic rings. The third-order valence-corrected chi connectivity index (χ3v) is 4.27. The van der Waals surface area contributed by atoms with Gasteiger partial charge in [-0.1, -0.05) is 26.8 Å². The second-order valence-corrected chi connectivity index (χ2v) is 6.02. The first kappa shape index (κ1) is 15.0. The van der Waals surface area contributed by atoms with E-state index in [-0.39, 0.29) is 11.9 Å². The summed E-state index contributed by atoms with van der Waals surface area (Å²) in [5.41, 5.74) is 1.12. The first-order valence-electron chi connectivity index (χ1n) is 7.49. The normalized spacial score (nSPS) is 21.0. The predicted octanol–water partition coefficient (Wildman–Crippen LogP) is 2.24. The molecule has 20 heavy (non-hydrogen) atoms. The van der Waals surface area contributed by atoms with Crippen LogP contribution in [0.1, 0.15) is 38.8 Å². The van der Waals surface area contributed by atoms with Gasteiger partial charge >= 0.3 is 0 Å². The number of hydrogen-bond donors (Lipinski definition) is 1. The Bertz CT molecular complexity index is 433. The van der Waals surface area contributed by atoms with Crippen molar-refractivity contribution >= 4 is 5.91 Å². The summed E-state index contributed by atoms with van der Waals surface area (Å²) in [6.45, 7) is 8.97. The van der Waals surface area contributed by atoms with E-state index in [1.807, 2.05) is 17.2 Å². The van der Waals surface area contributed by atoms with Crippen LogP contribution in [-0.2, 0) is 4.79 Å². The van der Waals surface area contributed by atoms with E-state index in [9.17, 15) is 4.79 Å². The molecule has 0 aromatic carbocycles. The molecule has 2 atom stereocenters. The molecule has 0 bridgehead atoms. The monoisotopic (exact) mass is 275 g/mol. The molecule has 1 aromatic heterocycles. The average molecular weight is 275 g/mol. The molecule has 0 aliphatic carbocycles. The topological polar surface area (TPSA) is 45.2 Å². The standard InChI is InChI=1S/C16H25N3O/c1-12(2)13(3)9-16(20)19-8-7-18-11-15(19)14-5-4-6-17-10-14/h4-6,10,12-13,15,18H,7-9,11H2,1-3H3. The van der Waals surface area contributed by atoms with E-state index in [1.54, 1.807) is 6.20 Å². The van der Waals surface area contributed by atoms with Gasteiger partial charge in [-0.25, -0.2) is 0 Å². The van der Waals surface area contributed by atoms with Gasteiger partial charge in [-0.3, -0.25) is 9.78 Å². The highest BCUT2D eigenvalue weighted by molar-refractivity contribution is 5.77. The lowest BCUT2D eigenvalue weighted by Gasteiger charge is -2.37. The van der Waals surface area contributed by atoms with Crippen LogP contribution in [0.5, 0.6) is 0 Å². The van der Waals surface area contributed by atoms with Crippen molar-refractivity contribution in [2.75, 3.05) is 19.6 Å². The number of rotatable bonds is 4. The second kappa shape index (κ2) is 6.84. The number of carbonyl (C=O) groups is 1. The third-order valence-electron chi connectivity index (χ3n) is 4.27. The van der Waals surface area contributed by atoms with Gasteiger partial charge < -0.3 is 10.2 Å². The molecule has 1 N–H and O–H groups in total. The molecule has 110 valence electrons. The third kappa shape index (κ3) is 3.57. The summed E-state index contributed by atoms with van der Waals surface area (Å²) in [5.74, 6) is 1.23. The summed E-state index contributed by atoms with van der Waals surface area (Å²) in [5, 5.41) is 3.37. The first-order valence-corrected chi connectivity index (χ1v) is 7.49. The molecular weight excluding hydrogens is 250 g/mol. The second-order valence-electron chi connectivity index (χ2n) is 6.02. The van der Waals surface area contributed by atoms with Crippen LogP contribution in [0.3, 0.4) is 0 Å². The zero-order valence-corrected chi connectivity index (χ0v) is 12.7. The number of nitrogens with zero attached hydrogens (tertiary/aromatic N) is 2. The highest BCUT2D eigenvalue weighted by Gasteiger charge is 2.28. The highest BCUT2D eigenvalue weighted by atomic mass is 16.2. The molecule has 2 rings (SSSR count). The molecule has 4 heteroatoms. The Morgan fingerprint density at radius 3 is 2.95 bits per heavy atom. The summed E-state index contributed by atoms with van der Waals surface area (Å²) >= 11 is 0. The molecule has 0 radical (unpaired) electrons. The van der Waals surface area contributed by atoms with Crippen LogP contribution < -0.4 is 5.32 Å². The van der Waals surface area contributed by atoms with Gasteiger partial charge in [0.15, 0.2) is 0 Å². The van der Waals surface area contributed by atoms with E-state index in [0.29, 0.717) is 18.3 Å². The van der Waals surface area contributed by atoms with Crippen molar-refractivity contribution in [1.29, 1.82) is 0 Å². The van der Waals surface area contributed by atoms with Gasteiger partial charge in [-0.2, -0.15) is 0 Å². The Morgan fingerprint density at radius 1 is 1.50 bits per heavy atom. The summed E-state index contributed by atoms with van der Waals surface area (Å²) in [6.07, 6.45) is 4.27. The maximum Gasteiger partial charge on any atom is 0.223 e. The maximum atomic E-state index is 12.6. The van der Waals surface area contributed by atoms with E-state index in [2.05, 4.69) is 37.1 Å². The number of aromatic nitrogens is 1. The number of hydrogen-bond acceptors (Lipinski definition) is 3. The first-order chi connectivity index (χ1) is 9.59. The van der Waals surface area contributed by atoms with Crippen LogP contribution in [0, 0.1) is 11.8 Å². The largest absolute Gasteiger partial charge is 0.333 e. The summed E-state index contributed by atoms with van der Waals surface area (Å²) in [6, 6.07) is 4.10. The number of pyridine rings is 1. The van der Waals surface area contributed by atoms with Crippen LogP contribution in [0.15, 0.2) is 24.5 Å². The van der Waals surface area contributed by atoms with Crippen molar-refractivity contribution < 1.29 is 4.79 Å². The average Bonchev–Trinajstić information content (AvgIpc) is 2.48. The van der Waals surface area contributed by atoms with Crippen LogP contribution in [-0.4, -0.2) is 35.4 Å². The summed E-state index contributed by atoms with van der Waals surface area (Å²) < 4.78 is 0. The molecule has 0 saturated carbocycles. The Kier molecular flexibility index (Phi) is 5.12. The van der Waals surface area contributed by atoms with Crippen LogP contribution >= 0.6 is 0 Å². The van der Waals surface area contributed by atoms with E-state index < -0.39 is 0 Å². The molecule has 2 heterocycles. The van der Waals surface area contributed by atoms with Gasteiger partial charge in [-0.05, 0) is 23.5 Å². The van der Waals surface area contributed by atoms with Gasteiger partial charge in [0.25, 0.3) is 0 Å². The quantitative estimate of drug-likeness (QED) is 0.916. The number of piperazine rings is 1. The van der Waals surface area contributed by atoms with E-state index in [4.69, 9.17) is 0 Å². The van der Waals surface area contributed by atoms with Gasteiger partial charge in [0.2, 0.25) is 5.91 Å². The van der Waals surface area contributed by atoms with Crippen LogP contribution in [0.25, 0.3) is 0 Å². The SMILES string of the molecule is CC(C)C(C)CC(=O)N1CCNCC1c1cccnc1. The van der Waals surface area contributed by atoms with Gasteiger partial charge in [0, 0.05) is 38.4 Å². The van der Waals surface area contributed by atoms with Gasteiger partial charge in [-0.15, -0.1) is 0 Å². The Morgan fingerprint density at radius 2 is 2.30 bits per heavy atom. The minimum atomic E-state index is 0.115. The minimum Gasteiger partial charge on any atom is -0.333 e. The van der Waals surface area contributed by atoms with Crippen LogP contribution in [0.2, 0.25) is 0 Å². The Labute approximate surface area is 121 Å². The maximum absolute atomic E-state index is 12.6. The molecule has 1 fully saturated rings. The zero-order valence-electron chi connectivity index (χ0n) is 12.7. The van der Waals surface area contributed by atoms with Crippen LogP contribution in [0.4, 0.5) is 0 Å². The van der Waals surface area contributed by atoms with Gasteiger partial charge in [0.1, 0.15) is 0 Å². The molecule has 0 spiro atoms. The van der Waals surface area contributed by atoms with Gasteiger partial charge in [0.05, 0.1) is 6.04 Å². The van der Waals surface area contributed by atoms with E-state index >= 15 is 0 Å². The number of nitrogens with one attached hydrogen (secondary N) is 1. The van der Waals surface area contributed by atoms with Crippen molar-refractivity contribution in [3.05, 3.63) is 30.1 Å². The molecule has 1 amide bonds. The lowest BCUT2D eigenvalue weighted by molar-refractivity contribution is -0.135.